The van der Waals surface area contributed by atoms with Gasteiger partial charge in [0.05, 0.1) is 22.3 Å². The van der Waals surface area contributed by atoms with Crippen molar-refractivity contribution in [3.63, 3.8) is 0 Å². The topological polar surface area (TPSA) is 68.6 Å². The van der Waals surface area contributed by atoms with Crippen molar-refractivity contribution in [2.24, 2.45) is 0 Å². The lowest BCUT2D eigenvalue weighted by atomic mass is 10.1. The average Bonchev–Trinajstić information content (AvgIpc) is 3.31. The second kappa shape index (κ2) is 10.4. The van der Waals surface area contributed by atoms with Crippen molar-refractivity contribution in [3.05, 3.63) is 58.0 Å². The summed E-state index contributed by atoms with van der Waals surface area (Å²) in [5.74, 6) is 1.78. The fourth-order valence-electron chi connectivity index (χ4n) is 5.01. The fraction of sp³-hybridized carbons (Fsp3) is 0.423. The maximum atomic E-state index is 13.8. The maximum absolute atomic E-state index is 13.8. The van der Waals surface area contributed by atoms with E-state index in [0.29, 0.717) is 35.7 Å². The molecule has 5 rings (SSSR count). The molecule has 3 aromatic rings. The number of aromatic nitrogens is 3. The first-order chi connectivity index (χ1) is 17.3. The number of hydrogen-bond acceptors (Lipinski definition) is 7. The summed E-state index contributed by atoms with van der Waals surface area (Å²) in [5.41, 5.74) is 2.16. The summed E-state index contributed by atoms with van der Waals surface area (Å²) in [7, 11) is 0. The summed E-state index contributed by atoms with van der Waals surface area (Å²) >= 11 is 12.6. The highest BCUT2D eigenvalue weighted by Gasteiger charge is 2.29. The molecule has 0 bridgehead atoms. The van der Waals surface area contributed by atoms with Crippen molar-refractivity contribution in [2.75, 3.05) is 40.9 Å². The van der Waals surface area contributed by atoms with Gasteiger partial charge in [-0.05, 0) is 56.5 Å². The molecule has 7 nitrogen and oxygen atoms in total. The predicted molar refractivity (Wildman–Crippen MR) is 143 cm³/mol. The summed E-state index contributed by atoms with van der Waals surface area (Å²) in [6.45, 7) is 7.30. The molecule has 2 aliphatic rings. The zero-order valence-electron chi connectivity index (χ0n) is 20.3. The van der Waals surface area contributed by atoms with Crippen molar-refractivity contribution in [3.8, 4) is 11.3 Å². The van der Waals surface area contributed by atoms with Crippen LogP contribution in [0.15, 0.2) is 36.5 Å². The van der Waals surface area contributed by atoms with Gasteiger partial charge in [-0.3, -0.25) is 0 Å². The summed E-state index contributed by atoms with van der Waals surface area (Å²) in [6.07, 6.45) is 3.86. The molecule has 1 N–H and O–H groups in total. The van der Waals surface area contributed by atoms with Gasteiger partial charge in [-0.1, -0.05) is 23.2 Å². The quantitative estimate of drug-likeness (QED) is 0.487. The van der Waals surface area contributed by atoms with Crippen LogP contribution in [0.2, 0.25) is 10.0 Å². The molecule has 4 heterocycles. The second-order valence-electron chi connectivity index (χ2n) is 9.52. The van der Waals surface area contributed by atoms with Gasteiger partial charge in [0.15, 0.2) is 0 Å². The van der Waals surface area contributed by atoms with Crippen LogP contribution in [0.1, 0.15) is 32.3 Å². The lowest BCUT2D eigenvalue weighted by molar-refractivity contribution is 0.281. The van der Waals surface area contributed by atoms with E-state index in [-0.39, 0.29) is 17.7 Å². The van der Waals surface area contributed by atoms with Gasteiger partial charge in [-0.2, -0.15) is 4.98 Å². The van der Waals surface area contributed by atoms with Crippen molar-refractivity contribution >= 4 is 40.8 Å². The third kappa shape index (κ3) is 4.94. The zero-order chi connectivity index (χ0) is 25.4. The van der Waals surface area contributed by atoms with Crippen molar-refractivity contribution in [2.45, 2.75) is 45.4 Å². The van der Waals surface area contributed by atoms with E-state index in [1.54, 1.807) is 24.4 Å². The molecule has 2 aliphatic heterocycles. The Hall–Kier alpha value is -2.68. The lowest BCUT2D eigenvalue weighted by Crippen LogP contribution is -2.52. The first kappa shape index (κ1) is 25.0. The number of piperazine rings is 1. The van der Waals surface area contributed by atoms with Crippen LogP contribution in [0.4, 0.5) is 22.0 Å². The molecule has 0 amide bonds. The Morgan fingerprint density at radius 2 is 1.83 bits per heavy atom. The van der Waals surface area contributed by atoms with E-state index in [1.165, 1.54) is 6.07 Å². The van der Waals surface area contributed by atoms with Crippen molar-refractivity contribution < 1.29 is 9.50 Å². The molecule has 1 aromatic carbocycles. The molecule has 2 aromatic heterocycles. The molecule has 0 aliphatic carbocycles. The Bertz CT molecular complexity index is 1260. The molecule has 190 valence electrons. The van der Waals surface area contributed by atoms with Crippen LogP contribution < -0.4 is 14.7 Å². The van der Waals surface area contributed by atoms with Crippen LogP contribution in [0.3, 0.4) is 0 Å². The van der Waals surface area contributed by atoms with Gasteiger partial charge in [0.2, 0.25) is 5.95 Å². The van der Waals surface area contributed by atoms with Crippen molar-refractivity contribution in [1.29, 1.82) is 0 Å². The monoisotopic (exact) mass is 530 g/mol. The molecule has 36 heavy (non-hydrogen) atoms. The van der Waals surface area contributed by atoms with E-state index in [2.05, 4.69) is 33.5 Å². The summed E-state index contributed by atoms with van der Waals surface area (Å²) in [6, 6.07) is 8.89. The highest BCUT2D eigenvalue weighted by atomic mass is 35.5. The van der Waals surface area contributed by atoms with Gasteiger partial charge in [-0.25, -0.2) is 14.4 Å². The zero-order valence-corrected chi connectivity index (χ0v) is 21.8. The SMILES string of the molecule is C[C@@H]1CN(c2ncc(CO)cc2Cl)CCN1c1cc(-c2ccc(F)c(Cl)c2)nc(N2CCC[C@H]2C)n1. The number of aliphatic hydroxyl groups is 1. The molecule has 2 saturated heterocycles. The average molecular weight is 531 g/mol. The lowest BCUT2D eigenvalue weighted by Gasteiger charge is -2.41. The normalized spacial score (nSPS) is 20.3. The first-order valence-electron chi connectivity index (χ1n) is 12.2. The Kier molecular flexibility index (Phi) is 7.19. The number of pyridine rings is 1. The largest absolute Gasteiger partial charge is 0.392 e. The highest BCUT2D eigenvalue weighted by Crippen LogP contribution is 2.33. The van der Waals surface area contributed by atoms with E-state index < -0.39 is 5.82 Å². The Morgan fingerprint density at radius 3 is 2.50 bits per heavy atom. The molecule has 2 fully saturated rings. The van der Waals surface area contributed by atoms with Crippen molar-refractivity contribution in [1.82, 2.24) is 15.0 Å². The number of nitrogens with zero attached hydrogens (tertiary/aromatic N) is 6. The molecule has 0 unspecified atom stereocenters. The number of aliphatic hydroxyl groups excluding tert-OH is 1. The molecule has 10 heteroatoms. The summed E-state index contributed by atoms with van der Waals surface area (Å²) in [4.78, 5) is 21.0. The summed E-state index contributed by atoms with van der Waals surface area (Å²) < 4.78 is 13.8. The van der Waals surface area contributed by atoms with E-state index in [9.17, 15) is 9.50 Å². The van der Waals surface area contributed by atoms with Crippen LogP contribution in [-0.4, -0.2) is 58.3 Å². The van der Waals surface area contributed by atoms with E-state index in [1.807, 2.05) is 6.07 Å². The van der Waals surface area contributed by atoms with Gasteiger partial charge in [0.25, 0.3) is 0 Å². The smallest absolute Gasteiger partial charge is 0.228 e. The minimum atomic E-state index is -0.452. The third-order valence-corrected chi connectivity index (χ3v) is 7.58. The Balaban J connectivity index is 1.46. The van der Waals surface area contributed by atoms with Gasteiger partial charge in [-0.15, -0.1) is 0 Å². The van der Waals surface area contributed by atoms with Gasteiger partial charge in [0, 0.05) is 56.1 Å². The van der Waals surface area contributed by atoms with Crippen LogP contribution in [0.5, 0.6) is 0 Å². The van der Waals surface area contributed by atoms with Gasteiger partial charge >= 0.3 is 0 Å². The molecule has 0 saturated carbocycles. The number of halogens is 3. The standard InChI is InChI=1S/C26H29Cl2FN6O/c1-16-4-3-7-35(16)26-31-23(19-5-6-22(29)20(27)11-19)12-24(32-26)34-9-8-33(14-17(34)2)25-21(28)10-18(15-36)13-30-25/h5-6,10-13,16-17,36H,3-4,7-9,14-15H2,1-2H3/t16-,17-/m1/s1. The fourth-order valence-corrected chi connectivity index (χ4v) is 5.50. The van der Waals surface area contributed by atoms with E-state index in [4.69, 9.17) is 33.2 Å². The second-order valence-corrected chi connectivity index (χ2v) is 10.3. The molecule has 0 radical (unpaired) electrons. The van der Waals surface area contributed by atoms with Crippen LogP contribution in [0, 0.1) is 5.82 Å². The number of benzene rings is 1. The van der Waals surface area contributed by atoms with E-state index >= 15 is 0 Å². The van der Waals surface area contributed by atoms with Gasteiger partial charge in [0.1, 0.15) is 17.5 Å². The molecule has 2 atom stereocenters. The molecular weight excluding hydrogens is 502 g/mol. The van der Waals surface area contributed by atoms with Crippen LogP contribution >= 0.6 is 23.2 Å². The summed E-state index contributed by atoms with van der Waals surface area (Å²) in [5, 5.41) is 9.96. The predicted octanol–water partition coefficient (Wildman–Crippen LogP) is 5.18. The number of hydrogen-bond donors (Lipinski definition) is 1. The third-order valence-electron chi connectivity index (χ3n) is 7.01. The Labute approximate surface area is 220 Å². The van der Waals surface area contributed by atoms with Gasteiger partial charge < -0.3 is 19.8 Å². The minimum absolute atomic E-state index is 0.0716. The minimum Gasteiger partial charge on any atom is -0.392 e. The van der Waals surface area contributed by atoms with Crippen LogP contribution in [0.25, 0.3) is 11.3 Å². The van der Waals surface area contributed by atoms with E-state index in [0.717, 1.165) is 48.8 Å². The van der Waals surface area contributed by atoms with Crippen LogP contribution in [-0.2, 0) is 6.61 Å². The number of anilines is 3. The first-order valence-corrected chi connectivity index (χ1v) is 13.0. The molecule has 0 spiro atoms. The number of rotatable bonds is 5. The molecular formula is C26H29Cl2FN6O. The highest BCUT2D eigenvalue weighted by molar-refractivity contribution is 6.33. The Morgan fingerprint density at radius 1 is 1.00 bits per heavy atom. The maximum Gasteiger partial charge on any atom is 0.228 e.